The van der Waals surface area contributed by atoms with Gasteiger partial charge in [-0.2, -0.15) is 0 Å². The van der Waals surface area contributed by atoms with E-state index in [4.69, 9.17) is 9.15 Å². The minimum absolute atomic E-state index is 0.0997. The number of benzene rings is 1. The maximum absolute atomic E-state index is 12.1. The molecule has 0 radical (unpaired) electrons. The normalized spacial score (nSPS) is 10.5. The smallest absolute Gasteiger partial charge is 0.229 e. The molecular weight excluding hydrogens is 331 g/mol. The zero-order valence-electron chi connectivity index (χ0n) is 9.27. The summed E-state index contributed by atoms with van der Waals surface area (Å²) < 4.78 is 11.3. The molecule has 1 aromatic heterocycles. The summed E-state index contributed by atoms with van der Waals surface area (Å²) in [6.07, 6.45) is 0. The lowest BCUT2D eigenvalue weighted by atomic mass is 10.1. The number of ketones is 1. The maximum atomic E-state index is 12.1. The lowest BCUT2D eigenvalue weighted by Gasteiger charge is -2.00. The highest BCUT2D eigenvalue weighted by atomic mass is 127. The van der Waals surface area contributed by atoms with Gasteiger partial charge in [0.15, 0.2) is 5.76 Å². The highest BCUT2D eigenvalue weighted by molar-refractivity contribution is 14.1. The van der Waals surface area contributed by atoms with Gasteiger partial charge in [-0.05, 0) is 46.9 Å². The van der Waals surface area contributed by atoms with Crippen molar-refractivity contribution in [2.75, 3.05) is 7.11 Å². The molecule has 0 unspecified atom stereocenters. The van der Waals surface area contributed by atoms with Crippen molar-refractivity contribution in [3.05, 3.63) is 57.1 Å². The summed E-state index contributed by atoms with van der Waals surface area (Å²) in [5.74, 6) is 0.903. The quantitative estimate of drug-likeness (QED) is 0.633. The highest BCUT2D eigenvalue weighted by Gasteiger charge is 2.15. The molecule has 88 valence electrons. The molecular formula is C13H11IO3. The Balaban J connectivity index is 2.28. The van der Waals surface area contributed by atoms with Crippen molar-refractivity contribution >= 4 is 28.4 Å². The van der Waals surface area contributed by atoms with Gasteiger partial charge in [-0.25, -0.2) is 0 Å². The van der Waals surface area contributed by atoms with E-state index in [1.54, 1.807) is 25.3 Å². The van der Waals surface area contributed by atoms with Gasteiger partial charge in [0.1, 0.15) is 12.4 Å². The highest BCUT2D eigenvalue weighted by Crippen LogP contribution is 2.18. The first-order valence-electron chi connectivity index (χ1n) is 5.09. The van der Waals surface area contributed by atoms with Crippen LogP contribution in [0, 0.1) is 3.57 Å². The minimum atomic E-state index is -0.0997. The van der Waals surface area contributed by atoms with Gasteiger partial charge in [-0.15, -0.1) is 0 Å². The molecule has 2 rings (SSSR count). The predicted octanol–water partition coefficient (Wildman–Crippen LogP) is 3.26. The molecule has 0 saturated carbocycles. The van der Waals surface area contributed by atoms with Gasteiger partial charge in [0.05, 0.1) is 0 Å². The van der Waals surface area contributed by atoms with E-state index in [-0.39, 0.29) is 5.78 Å². The number of hydrogen-bond donors (Lipinski definition) is 0. The lowest BCUT2D eigenvalue weighted by Crippen LogP contribution is -2.01. The zero-order valence-corrected chi connectivity index (χ0v) is 11.4. The fourth-order valence-electron chi connectivity index (χ4n) is 1.50. The monoisotopic (exact) mass is 342 g/mol. The molecule has 0 spiro atoms. The number of methoxy groups -OCH3 is 1. The van der Waals surface area contributed by atoms with Gasteiger partial charge < -0.3 is 9.15 Å². The Bertz CT molecular complexity index is 531. The summed E-state index contributed by atoms with van der Waals surface area (Å²) in [4.78, 5) is 12.1. The van der Waals surface area contributed by atoms with Crippen LogP contribution in [0.5, 0.6) is 0 Å². The van der Waals surface area contributed by atoms with E-state index in [0.29, 0.717) is 23.7 Å². The SMILES string of the molecule is COCc1ccc(C(=O)c2ccccc2I)o1. The van der Waals surface area contributed by atoms with Crippen LogP contribution in [0.2, 0.25) is 0 Å². The molecule has 1 aromatic carbocycles. The summed E-state index contributed by atoms with van der Waals surface area (Å²) in [7, 11) is 1.59. The van der Waals surface area contributed by atoms with Gasteiger partial charge in [0.2, 0.25) is 5.78 Å². The second kappa shape index (κ2) is 5.46. The Hall–Kier alpha value is -1.14. The molecule has 3 nitrogen and oxygen atoms in total. The van der Waals surface area contributed by atoms with Crippen LogP contribution in [0.1, 0.15) is 21.9 Å². The molecule has 0 aliphatic heterocycles. The molecule has 17 heavy (non-hydrogen) atoms. The Labute approximate surface area is 113 Å². The van der Waals surface area contributed by atoms with Gasteiger partial charge in [-0.1, -0.05) is 12.1 Å². The van der Waals surface area contributed by atoms with Crippen molar-refractivity contribution in [3.63, 3.8) is 0 Å². The molecule has 0 atom stereocenters. The number of hydrogen-bond acceptors (Lipinski definition) is 3. The van der Waals surface area contributed by atoms with Crippen LogP contribution in [0.25, 0.3) is 0 Å². The first-order chi connectivity index (χ1) is 8.22. The lowest BCUT2D eigenvalue weighted by molar-refractivity contribution is 0.0999. The summed E-state index contributed by atoms with van der Waals surface area (Å²) >= 11 is 2.14. The Kier molecular flexibility index (Phi) is 3.96. The third-order valence-electron chi connectivity index (χ3n) is 2.29. The molecule has 1 heterocycles. The molecule has 0 saturated heterocycles. The van der Waals surface area contributed by atoms with E-state index in [9.17, 15) is 4.79 Å². The third-order valence-corrected chi connectivity index (χ3v) is 3.23. The Morgan fingerprint density at radius 1 is 1.29 bits per heavy atom. The fraction of sp³-hybridized carbons (Fsp3) is 0.154. The molecule has 0 N–H and O–H groups in total. The van der Waals surface area contributed by atoms with Crippen LogP contribution in [0.4, 0.5) is 0 Å². The van der Waals surface area contributed by atoms with Crippen LogP contribution in [0.3, 0.4) is 0 Å². The van der Waals surface area contributed by atoms with Crippen LogP contribution in [-0.2, 0) is 11.3 Å². The summed E-state index contributed by atoms with van der Waals surface area (Å²) in [5.41, 5.74) is 0.659. The van der Waals surface area contributed by atoms with E-state index in [1.165, 1.54) is 0 Å². The summed E-state index contributed by atoms with van der Waals surface area (Å²) in [6, 6.07) is 10.9. The average Bonchev–Trinajstić information content (AvgIpc) is 2.78. The number of halogens is 1. The van der Waals surface area contributed by atoms with Gasteiger partial charge in [0.25, 0.3) is 0 Å². The minimum Gasteiger partial charge on any atom is -0.455 e. The first-order valence-corrected chi connectivity index (χ1v) is 6.17. The standard InChI is InChI=1S/C13H11IO3/c1-16-8-9-6-7-12(17-9)13(15)10-4-2-3-5-11(10)14/h2-7H,8H2,1H3. The van der Waals surface area contributed by atoms with Crippen LogP contribution >= 0.6 is 22.6 Å². The molecule has 0 bridgehead atoms. The van der Waals surface area contributed by atoms with Crippen molar-refractivity contribution in [1.29, 1.82) is 0 Å². The average molecular weight is 342 g/mol. The van der Waals surface area contributed by atoms with E-state index in [0.717, 1.165) is 3.57 Å². The molecule has 0 aliphatic carbocycles. The summed E-state index contributed by atoms with van der Waals surface area (Å²) in [5, 5.41) is 0. The number of furan rings is 1. The molecule has 4 heteroatoms. The largest absolute Gasteiger partial charge is 0.455 e. The number of rotatable bonds is 4. The Morgan fingerprint density at radius 2 is 2.06 bits per heavy atom. The van der Waals surface area contributed by atoms with Crippen molar-refractivity contribution in [2.45, 2.75) is 6.61 Å². The number of carbonyl (C=O) groups excluding carboxylic acids is 1. The molecule has 2 aromatic rings. The second-order valence-electron chi connectivity index (χ2n) is 3.51. The molecule has 0 amide bonds. The zero-order chi connectivity index (χ0) is 12.3. The van der Waals surface area contributed by atoms with Crippen molar-refractivity contribution < 1.29 is 13.9 Å². The summed E-state index contributed by atoms with van der Waals surface area (Å²) in [6.45, 7) is 0.374. The van der Waals surface area contributed by atoms with Crippen molar-refractivity contribution in [1.82, 2.24) is 0 Å². The first kappa shape index (κ1) is 12.3. The van der Waals surface area contributed by atoms with E-state index >= 15 is 0 Å². The van der Waals surface area contributed by atoms with Gasteiger partial charge in [-0.3, -0.25) is 4.79 Å². The van der Waals surface area contributed by atoms with Gasteiger partial charge in [0, 0.05) is 16.2 Å². The molecule has 0 aliphatic rings. The third kappa shape index (κ3) is 2.76. The topological polar surface area (TPSA) is 39.4 Å². The maximum Gasteiger partial charge on any atom is 0.229 e. The Morgan fingerprint density at radius 3 is 2.76 bits per heavy atom. The second-order valence-corrected chi connectivity index (χ2v) is 4.67. The van der Waals surface area contributed by atoms with E-state index < -0.39 is 0 Å². The van der Waals surface area contributed by atoms with Crippen LogP contribution < -0.4 is 0 Å². The number of carbonyl (C=O) groups is 1. The van der Waals surface area contributed by atoms with Crippen LogP contribution in [-0.4, -0.2) is 12.9 Å². The molecule has 0 fully saturated rings. The number of ether oxygens (including phenoxy) is 1. The van der Waals surface area contributed by atoms with Gasteiger partial charge >= 0.3 is 0 Å². The van der Waals surface area contributed by atoms with E-state index in [1.807, 2.05) is 18.2 Å². The fourth-order valence-corrected chi connectivity index (χ4v) is 2.13. The van der Waals surface area contributed by atoms with Crippen molar-refractivity contribution in [3.8, 4) is 0 Å². The predicted molar refractivity (Wildman–Crippen MR) is 72.0 cm³/mol. The van der Waals surface area contributed by atoms with Crippen LogP contribution in [0.15, 0.2) is 40.8 Å². The van der Waals surface area contributed by atoms with Crippen molar-refractivity contribution in [2.24, 2.45) is 0 Å². The van der Waals surface area contributed by atoms with E-state index in [2.05, 4.69) is 22.6 Å².